The van der Waals surface area contributed by atoms with Gasteiger partial charge in [-0.2, -0.15) is 5.10 Å². The first-order valence-electron chi connectivity index (χ1n) is 6.67. The molecule has 3 atom stereocenters. The number of nitrogens with one attached hydrogen (secondary N) is 1. The van der Waals surface area contributed by atoms with Gasteiger partial charge >= 0.3 is 0 Å². The molecule has 2 saturated carbocycles. The lowest BCUT2D eigenvalue weighted by molar-refractivity contribution is 0.155. The van der Waals surface area contributed by atoms with Gasteiger partial charge in [0, 0.05) is 19.3 Å². The third-order valence-corrected chi connectivity index (χ3v) is 5.29. The summed E-state index contributed by atoms with van der Waals surface area (Å²) in [6.45, 7) is 7.31. The Balaban J connectivity index is 1.87. The van der Waals surface area contributed by atoms with Gasteiger partial charge in [-0.3, -0.25) is 4.68 Å². The van der Waals surface area contributed by atoms with Gasteiger partial charge in [-0.15, -0.1) is 0 Å². The lowest BCUT2D eigenvalue weighted by atomic mass is 9.68. The van der Waals surface area contributed by atoms with Crippen molar-refractivity contribution in [2.75, 3.05) is 5.32 Å². The molecule has 0 saturated heterocycles. The summed E-state index contributed by atoms with van der Waals surface area (Å²) in [5, 5.41) is 7.99. The number of nitrogens with zero attached hydrogens (tertiary/aromatic N) is 2. The Morgan fingerprint density at radius 1 is 1.41 bits per heavy atom. The molecule has 3 heteroatoms. The van der Waals surface area contributed by atoms with Crippen LogP contribution in [0, 0.1) is 16.7 Å². The number of aryl methyl sites for hydroxylation is 1. The van der Waals surface area contributed by atoms with Crippen molar-refractivity contribution in [2.45, 2.75) is 46.1 Å². The summed E-state index contributed by atoms with van der Waals surface area (Å²) in [4.78, 5) is 0. The van der Waals surface area contributed by atoms with Crippen LogP contribution in [0.15, 0.2) is 12.4 Å². The van der Waals surface area contributed by atoms with Gasteiger partial charge in [-0.25, -0.2) is 0 Å². The van der Waals surface area contributed by atoms with E-state index in [0.29, 0.717) is 16.9 Å². The van der Waals surface area contributed by atoms with Crippen molar-refractivity contribution in [3.8, 4) is 0 Å². The standard InChI is InChI=1S/C14H23N3/c1-13(2)10-5-6-14(3,7-10)12(13)16-11-8-15-17(4)9-11/h8-10,12,16H,5-7H2,1-4H3/t10-,12?,14+/m0/s1. The molecule has 3 rings (SSSR count). The zero-order valence-electron chi connectivity index (χ0n) is 11.3. The SMILES string of the molecule is Cn1cc(NC2C(C)(C)[C@H]3CC[C@]2(C)C3)cn1. The van der Waals surface area contributed by atoms with Crippen LogP contribution in [0.1, 0.15) is 40.0 Å². The Bertz CT molecular complexity index is 430. The fourth-order valence-corrected chi connectivity index (χ4v) is 4.32. The van der Waals surface area contributed by atoms with E-state index in [-0.39, 0.29) is 0 Å². The lowest BCUT2D eigenvalue weighted by Crippen LogP contribution is -2.45. The lowest BCUT2D eigenvalue weighted by Gasteiger charge is -2.43. The highest BCUT2D eigenvalue weighted by Crippen LogP contribution is 2.63. The zero-order valence-corrected chi connectivity index (χ0v) is 11.3. The fourth-order valence-electron chi connectivity index (χ4n) is 4.32. The third kappa shape index (κ3) is 1.51. The fraction of sp³-hybridized carbons (Fsp3) is 0.786. The minimum atomic E-state index is 0.406. The van der Waals surface area contributed by atoms with Crippen LogP contribution < -0.4 is 5.32 Å². The molecule has 0 aromatic carbocycles. The van der Waals surface area contributed by atoms with Crippen LogP contribution in [-0.2, 0) is 7.05 Å². The van der Waals surface area contributed by atoms with E-state index in [2.05, 4.69) is 37.4 Å². The van der Waals surface area contributed by atoms with Crippen molar-refractivity contribution in [3.05, 3.63) is 12.4 Å². The van der Waals surface area contributed by atoms with Crippen LogP contribution >= 0.6 is 0 Å². The second-order valence-electron chi connectivity index (χ2n) is 6.90. The summed E-state index contributed by atoms with van der Waals surface area (Å²) in [6, 6.07) is 0.581. The Hall–Kier alpha value is -0.990. The van der Waals surface area contributed by atoms with Gasteiger partial charge in [0.25, 0.3) is 0 Å². The quantitative estimate of drug-likeness (QED) is 0.851. The van der Waals surface area contributed by atoms with E-state index in [9.17, 15) is 0 Å². The average molecular weight is 233 g/mol. The first kappa shape index (κ1) is 11.1. The van der Waals surface area contributed by atoms with Crippen molar-refractivity contribution in [1.29, 1.82) is 0 Å². The van der Waals surface area contributed by atoms with E-state index in [1.54, 1.807) is 0 Å². The van der Waals surface area contributed by atoms with Gasteiger partial charge in [-0.1, -0.05) is 20.8 Å². The molecule has 1 aromatic heterocycles. The molecule has 0 aliphatic heterocycles. The van der Waals surface area contributed by atoms with Crippen molar-refractivity contribution in [1.82, 2.24) is 9.78 Å². The molecule has 2 fully saturated rings. The van der Waals surface area contributed by atoms with Gasteiger partial charge < -0.3 is 5.32 Å². The summed E-state index contributed by atoms with van der Waals surface area (Å²) in [6.07, 6.45) is 8.18. The Morgan fingerprint density at radius 2 is 2.18 bits per heavy atom. The van der Waals surface area contributed by atoms with Crippen LogP contribution in [0.5, 0.6) is 0 Å². The van der Waals surface area contributed by atoms with Crippen LogP contribution in [0.3, 0.4) is 0 Å². The van der Waals surface area contributed by atoms with Gasteiger partial charge in [0.1, 0.15) is 0 Å². The molecule has 3 nitrogen and oxygen atoms in total. The number of aromatic nitrogens is 2. The second-order valence-corrected chi connectivity index (χ2v) is 6.90. The molecule has 17 heavy (non-hydrogen) atoms. The van der Waals surface area contributed by atoms with Crippen LogP contribution in [0.4, 0.5) is 5.69 Å². The minimum Gasteiger partial charge on any atom is -0.379 e. The molecular formula is C14H23N3. The van der Waals surface area contributed by atoms with Crippen molar-refractivity contribution < 1.29 is 0 Å². The van der Waals surface area contributed by atoms with E-state index < -0.39 is 0 Å². The number of hydrogen-bond donors (Lipinski definition) is 1. The molecule has 1 unspecified atom stereocenters. The monoisotopic (exact) mass is 233 g/mol. The molecule has 1 heterocycles. The molecule has 2 aliphatic carbocycles. The average Bonchev–Trinajstić information content (AvgIpc) is 2.85. The molecule has 1 N–H and O–H groups in total. The molecule has 0 amide bonds. The molecule has 94 valence electrons. The maximum Gasteiger partial charge on any atom is 0.0728 e. The van der Waals surface area contributed by atoms with Crippen molar-refractivity contribution in [2.24, 2.45) is 23.8 Å². The summed E-state index contributed by atoms with van der Waals surface area (Å²) in [7, 11) is 1.97. The van der Waals surface area contributed by atoms with Crippen molar-refractivity contribution in [3.63, 3.8) is 0 Å². The molecule has 0 spiro atoms. The Kier molecular flexibility index (Phi) is 2.14. The van der Waals surface area contributed by atoms with E-state index >= 15 is 0 Å². The summed E-state index contributed by atoms with van der Waals surface area (Å²) in [5.74, 6) is 0.890. The second kappa shape index (κ2) is 3.27. The predicted octanol–water partition coefficient (Wildman–Crippen LogP) is 3.05. The van der Waals surface area contributed by atoms with Crippen LogP contribution in [0.2, 0.25) is 0 Å². The van der Waals surface area contributed by atoms with Crippen molar-refractivity contribution >= 4 is 5.69 Å². The van der Waals surface area contributed by atoms with E-state index in [1.165, 1.54) is 24.9 Å². The highest BCUT2D eigenvalue weighted by atomic mass is 15.3. The zero-order chi connectivity index (χ0) is 12.3. The highest BCUT2D eigenvalue weighted by Gasteiger charge is 2.59. The largest absolute Gasteiger partial charge is 0.379 e. The van der Waals surface area contributed by atoms with Gasteiger partial charge in [0.05, 0.1) is 11.9 Å². The first-order valence-corrected chi connectivity index (χ1v) is 6.67. The summed E-state index contributed by atoms with van der Waals surface area (Å²) in [5.41, 5.74) is 2.05. The van der Waals surface area contributed by atoms with Crippen LogP contribution in [0.25, 0.3) is 0 Å². The smallest absolute Gasteiger partial charge is 0.0728 e. The maximum atomic E-state index is 4.25. The highest BCUT2D eigenvalue weighted by molar-refractivity contribution is 5.42. The van der Waals surface area contributed by atoms with E-state index in [0.717, 1.165) is 5.92 Å². The number of fused-ring (bicyclic) bond motifs is 2. The summed E-state index contributed by atoms with van der Waals surface area (Å²) < 4.78 is 1.87. The molecule has 0 radical (unpaired) electrons. The number of hydrogen-bond acceptors (Lipinski definition) is 2. The number of anilines is 1. The first-order chi connectivity index (χ1) is 7.92. The van der Waals surface area contributed by atoms with E-state index in [1.807, 2.05) is 17.9 Å². The topological polar surface area (TPSA) is 29.9 Å². The predicted molar refractivity (Wildman–Crippen MR) is 69.8 cm³/mol. The molecular weight excluding hydrogens is 210 g/mol. The van der Waals surface area contributed by atoms with Gasteiger partial charge in [-0.05, 0) is 36.0 Å². The Morgan fingerprint density at radius 3 is 2.71 bits per heavy atom. The normalized spacial score (nSPS) is 38.6. The van der Waals surface area contributed by atoms with Crippen LogP contribution in [-0.4, -0.2) is 15.8 Å². The molecule has 2 bridgehead atoms. The maximum absolute atomic E-state index is 4.25. The van der Waals surface area contributed by atoms with Gasteiger partial charge in [0.15, 0.2) is 0 Å². The van der Waals surface area contributed by atoms with Gasteiger partial charge in [0.2, 0.25) is 0 Å². The summed E-state index contributed by atoms with van der Waals surface area (Å²) >= 11 is 0. The minimum absolute atomic E-state index is 0.406. The third-order valence-electron chi connectivity index (χ3n) is 5.29. The molecule has 2 aliphatic rings. The Labute approximate surface area is 104 Å². The number of rotatable bonds is 2. The van der Waals surface area contributed by atoms with E-state index in [4.69, 9.17) is 0 Å². The molecule has 1 aromatic rings.